The van der Waals surface area contributed by atoms with Crippen molar-refractivity contribution < 1.29 is 0 Å². The van der Waals surface area contributed by atoms with Crippen molar-refractivity contribution >= 4 is 12.2 Å². The van der Waals surface area contributed by atoms with Crippen LogP contribution in [0.2, 0.25) is 0 Å². The van der Waals surface area contributed by atoms with Crippen LogP contribution < -0.4 is 0 Å². The van der Waals surface area contributed by atoms with E-state index in [-0.39, 0.29) is 0 Å². The summed E-state index contributed by atoms with van der Waals surface area (Å²) >= 11 is 5.22. The Hall–Kier alpha value is -0.740. The molecule has 0 saturated heterocycles. The van der Waals surface area contributed by atoms with Gasteiger partial charge in [-0.2, -0.15) is 0 Å². The van der Waals surface area contributed by atoms with Crippen molar-refractivity contribution in [3.8, 4) is 0 Å². The Bertz CT molecular complexity index is 383. The number of aromatic amines is 1. The molecule has 1 aliphatic rings. The minimum atomic E-state index is 0.762. The molecule has 0 bridgehead atoms. The van der Waals surface area contributed by atoms with Gasteiger partial charge in [0.2, 0.25) is 0 Å². The average Bonchev–Trinajstić information content (AvgIpc) is 2.06. The number of H-pyrrole nitrogens is 1. The summed E-state index contributed by atoms with van der Waals surface area (Å²) in [5, 5.41) is 0. The number of hydrogen-bond acceptors (Lipinski definition) is 3. The first-order valence-electron chi connectivity index (χ1n) is 4.44. The van der Waals surface area contributed by atoms with E-state index >= 15 is 0 Å². The normalized spacial score (nSPS) is 17.1. The van der Waals surface area contributed by atoms with Crippen molar-refractivity contribution in [1.82, 2.24) is 14.9 Å². The molecule has 1 N–H and O–H groups in total. The zero-order chi connectivity index (χ0) is 9.42. The number of nitrogens with one attached hydrogen (secondary N) is 1. The van der Waals surface area contributed by atoms with Crippen molar-refractivity contribution in [3.05, 3.63) is 21.7 Å². The topological polar surface area (TPSA) is 31.9 Å². The third-order valence-corrected chi connectivity index (χ3v) is 2.73. The SMILES string of the molecule is Cc1nc(=S)c2c([nH]1)CCN(C)C2. The van der Waals surface area contributed by atoms with E-state index in [2.05, 4.69) is 21.9 Å². The van der Waals surface area contributed by atoms with Crippen LogP contribution in [0.25, 0.3) is 0 Å². The lowest BCUT2D eigenvalue weighted by Gasteiger charge is -2.24. The van der Waals surface area contributed by atoms with Gasteiger partial charge in [0.15, 0.2) is 0 Å². The van der Waals surface area contributed by atoms with Gasteiger partial charge in [-0.25, -0.2) is 4.98 Å². The second kappa shape index (κ2) is 3.20. The number of hydrogen-bond donors (Lipinski definition) is 1. The number of likely N-dealkylation sites (N-methyl/N-ethyl adjacent to an activating group) is 1. The zero-order valence-corrected chi connectivity index (χ0v) is 8.74. The molecule has 3 nitrogen and oxygen atoms in total. The van der Waals surface area contributed by atoms with Crippen molar-refractivity contribution in [1.29, 1.82) is 0 Å². The van der Waals surface area contributed by atoms with Crippen LogP contribution in [-0.2, 0) is 13.0 Å². The van der Waals surface area contributed by atoms with Crippen molar-refractivity contribution in [2.45, 2.75) is 19.9 Å². The summed E-state index contributed by atoms with van der Waals surface area (Å²) in [5.74, 6) is 0.924. The third kappa shape index (κ3) is 1.64. The maximum Gasteiger partial charge on any atom is 0.134 e. The van der Waals surface area contributed by atoms with E-state index in [0.29, 0.717) is 0 Å². The van der Waals surface area contributed by atoms with Gasteiger partial charge in [-0.3, -0.25) is 0 Å². The van der Waals surface area contributed by atoms with Crippen LogP contribution in [-0.4, -0.2) is 28.5 Å². The van der Waals surface area contributed by atoms with Crippen LogP contribution in [0, 0.1) is 11.6 Å². The number of nitrogens with zero attached hydrogens (tertiary/aromatic N) is 2. The van der Waals surface area contributed by atoms with E-state index in [1.165, 1.54) is 11.3 Å². The summed E-state index contributed by atoms with van der Waals surface area (Å²) in [5.41, 5.74) is 2.48. The number of aromatic nitrogens is 2. The highest BCUT2D eigenvalue weighted by Gasteiger charge is 2.15. The first kappa shape index (κ1) is 8.84. The molecular weight excluding hydrogens is 182 g/mol. The molecule has 0 amide bonds. The molecule has 0 saturated carbocycles. The van der Waals surface area contributed by atoms with Gasteiger partial charge in [-0.15, -0.1) is 0 Å². The standard InChI is InChI=1S/C9H13N3S/c1-6-10-8-3-4-12(2)5-7(8)9(13)11-6/h3-5H2,1-2H3,(H,10,11,13). The maximum atomic E-state index is 5.22. The summed E-state index contributed by atoms with van der Waals surface area (Å²) in [4.78, 5) is 9.81. The Morgan fingerprint density at radius 1 is 1.54 bits per heavy atom. The van der Waals surface area contributed by atoms with Gasteiger partial charge >= 0.3 is 0 Å². The van der Waals surface area contributed by atoms with Crippen LogP contribution >= 0.6 is 12.2 Å². The van der Waals surface area contributed by atoms with E-state index < -0.39 is 0 Å². The fourth-order valence-corrected chi connectivity index (χ4v) is 2.02. The Balaban J connectivity index is 2.53. The van der Waals surface area contributed by atoms with Gasteiger partial charge in [-0.1, -0.05) is 12.2 Å². The Kier molecular flexibility index (Phi) is 2.17. The van der Waals surface area contributed by atoms with Crippen LogP contribution in [0.5, 0.6) is 0 Å². The monoisotopic (exact) mass is 195 g/mol. The molecule has 0 fully saturated rings. The summed E-state index contributed by atoms with van der Waals surface area (Å²) in [6.07, 6.45) is 1.05. The highest BCUT2D eigenvalue weighted by Crippen LogP contribution is 2.16. The van der Waals surface area contributed by atoms with E-state index in [4.69, 9.17) is 12.2 Å². The average molecular weight is 195 g/mol. The maximum absolute atomic E-state index is 5.22. The largest absolute Gasteiger partial charge is 0.347 e. The molecule has 0 aliphatic carbocycles. The fraction of sp³-hybridized carbons (Fsp3) is 0.556. The van der Waals surface area contributed by atoms with Gasteiger partial charge in [0.05, 0.1) is 0 Å². The van der Waals surface area contributed by atoms with Gasteiger partial charge in [0.1, 0.15) is 10.5 Å². The second-order valence-electron chi connectivity index (χ2n) is 3.57. The number of fused-ring (bicyclic) bond motifs is 1. The lowest BCUT2D eigenvalue weighted by molar-refractivity contribution is 0.308. The predicted molar refractivity (Wildman–Crippen MR) is 54.2 cm³/mol. The van der Waals surface area contributed by atoms with Gasteiger partial charge in [-0.05, 0) is 14.0 Å². The van der Waals surface area contributed by atoms with Gasteiger partial charge in [0, 0.05) is 30.8 Å². The predicted octanol–water partition coefficient (Wildman–Crippen LogP) is 1.44. The summed E-state index contributed by atoms with van der Waals surface area (Å²) < 4.78 is 0.762. The molecule has 4 heteroatoms. The molecule has 0 radical (unpaired) electrons. The van der Waals surface area contributed by atoms with Crippen LogP contribution in [0.4, 0.5) is 0 Å². The molecule has 13 heavy (non-hydrogen) atoms. The molecule has 1 aromatic rings. The zero-order valence-electron chi connectivity index (χ0n) is 7.92. The highest BCUT2D eigenvalue weighted by atomic mass is 32.1. The molecule has 70 valence electrons. The molecule has 1 aliphatic heterocycles. The lowest BCUT2D eigenvalue weighted by atomic mass is 10.1. The molecular formula is C9H13N3S. The molecule has 0 aromatic carbocycles. The van der Waals surface area contributed by atoms with Crippen LogP contribution in [0.1, 0.15) is 17.1 Å². The minimum absolute atomic E-state index is 0.762. The van der Waals surface area contributed by atoms with Crippen molar-refractivity contribution in [2.75, 3.05) is 13.6 Å². The number of aryl methyl sites for hydroxylation is 1. The first-order chi connectivity index (χ1) is 6.16. The summed E-state index contributed by atoms with van der Waals surface area (Å²) in [7, 11) is 2.11. The van der Waals surface area contributed by atoms with Crippen molar-refractivity contribution in [2.24, 2.45) is 0 Å². The highest BCUT2D eigenvalue weighted by molar-refractivity contribution is 7.71. The Labute approximate surface area is 82.8 Å². The molecule has 0 unspecified atom stereocenters. The fourth-order valence-electron chi connectivity index (χ4n) is 1.70. The smallest absolute Gasteiger partial charge is 0.134 e. The lowest BCUT2D eigenvalue weighted by Crippen LogP contribution is -2.28. The molecule has 2 heterocycles. The number of rotatable bonds is 0. The molecule has 2 rings (SSSR count). The Morgan fingerprint density at radius 3 is 3.08 bits per heavy atom. The van der Waals surface area contributed by atoms with E-state index in [1.807, 2.05) is 6.92 Å². The second-order valence-corrected chi connectivity index (χ2v) is 3.96. The van der Waals surface area contributed by atoms with Crippen molar-refractivity contribution in [3.63, 3.8) is 0 Å². The van der Waals surface area contributed by atoms with E-state index in [9.17, 15) is 0 Å². The minimum Gasteiger partial charge on any atom is -0.347 e. The van der Waals surface area contributed by atoms with Crippen LogP contribution in [0.3, 0.4) is 0 Å². The Morgan fingerprint density at radius 2 is 2.31 bits per heavy atom. The third-order valence-electron chi connectivity index (χ3n) is 2.40. The summed E-state index contributed by atoms with van der Waals surface area (Å²) in [6.45, 7) is 3.98. The van der Waals surface area contributed by atoms with Gasteiger partial charge < -0.3 is 9.88 Å². The molecule has 0 spiro atoms. The molecule has 1 aromatic heterocycles. The molecule has 0 atom stereocenters. The quantitative estimate of drug-likeness (QED) is 0.636. The van der Waals surface area contributed by atoms with E-state index in [0.717, 1.165) is 30.0 Å². The van der Waals surface area contributed by atoms with Gasteiger partial charge in [0.25, 0.3) is 0 Å². The van der Waals surface area contributed by atoms with E-state index in [1.54, 1.807) is 0 Å². The van der Waals surface area contributed by atoms with Crippen LogP contribution in [0.15, 0.2) is 0 Å². The first-order valence-corrected chi connectivity index (χ1v) is 4.85. The summed E-state index contributed by atoms with van der Waals surface area (Å²) in [6, 6.07) is 0.